The van der Waals surface area contributed by atoms with Gasteiger partial charge in [-0.1, -0.05) is 17.7 Å². The molecule has 2 rings (SSSR count). The largest absolute Gasteiger partial charge is 0.388 e. The Labute approximate surface area is 96.9 Å². The second-order valence-electron chi connectivity index (χ2n) is 5.00. The number of aryl methyl sites for hydroxylation is 1. The average Bonchev–Trinajstić information content (AvgIpc) is 2.58. The molecule has 1 aliphatic rings. The molecule has 3 nitrogen and oxygen atoms in total. The Morgan fingerprint density at radius 3 is 2.81 bits per heavy atom. The lowest BCUT2D eigenvalue weighted by Gasteiger charge is -2.23. The third-order valence-corrected chi connectivity index (χ3v) is 3.25. The van der Waals surface area contributed by atoms with Crippen molar-refractivity contribution in [1.29, 1.82) is 0 Å². The second kappa shape index (κ2) is 4.07. The molecule has 1 saturated heterocycles. The van der Waals surface area contributed by atoms with Crippen LogP contribution in [0.15, 0.2) is 18.2 Å². The summed E-state index contributed by atoms with van der Waals surface area (Å²) in [7, 11) is 0. The van der Waals surface area contributed by atoms with Crippen LogP contribution in [-0.2, 0) is 6.54 Å². The van der Waals surface area contributed by atoms with Gasteiger partial charge in [-0.25, -0.2) is 0 Å². The third kappa shape index (κ3) is 2.20. The minimum atomic E-state index is -0.559. The number of nitrogens with two attached hydrogens (primary N) is 1. The average molecular weight is 220 g/mol. The van der Waals surface area contributed by atoms with Crippen molar-refractivity contribution in [3.63, 3.8) is 0 Å². The first kappa shape index (κ1) is 11.4. The van der Waals surface area contributed by atoms with Gasteiger partial charge in [-0.2, -0.15) is 0 Å². The number of rotatable bonds is 2. The van der Waals surface area contributed by atoms with Crippen LogP contribution in [0.1, 0.15) is 24.5 Å². The van der Waals surface area contributed by atoms with Crippen molar-refractivity contribution in [1.82, 2.24) is 0 Å². The van der Waals surface area contributed by atoms with Crippen LogP contribution >= 0.6 is 0 Å². The topological polar surface area (TPSA) is 49.5 Å². The maximum Gasteiger partial charge on any atom is 0.0810 e. The minimum Gasteiger partial charge on any atom is -0.388 e. The Kier molecular flexibility index (Phi) is 2.91. The van der Waals surface area contributed by atoms with E-state index < -0.39 is 5.60 Å². The number of anilines is 1. The Balaban J connectivity index is 2.27. The van der Waals surface area contributed by atoms with Crippen LogP contribution in [0.5, 0.6) is 0 Å². The highest BCUT2D eigenvalue weighted by Crippen LogP contribution is 2.29. The molecule has 16 heavy (non-hydrogen) atoms. The molecule has 0 radical (unpaired) electrons. The number of benzene rings is 1. The lowest BCUT2D eigenvalue weighted by molar-refractivity contribution is 0.0839. The molecule has 1 aromatic carbocycles. The highest BCUT2D eigenvalue weighted by Gasteiger charge is 2.31. The predicted molar refractivity (Wildman–Crippen MR) is 66.5 cm³/mol. The van der Waals surface area contributed by atoms with Crippen LogP contribution in [0.25, 0.3) is 0 Å². The van der Waals surface area contributed by atoms with Crippen molar-refractivity contribution >= 4 is 5.69 Å². The third-order valence-electron chi connectivity index (χ3n) is 3.25. The SMILES string of the molecule is Cc1ccc(N2CCC(C)(O)C2)c(CN)c1. The molecule has 0 spiro atoms. The molecule has 3 heteroatoms. The molecule has 0 aromatic heterocycles. The predicted octanol–water partition coefficient (Wildman–Crippen LogP) is 1.41. The molecule has 1 atom stereocenters. The molecular weight excluding hydrogens is 200 g/mol. The molecule has 0 saturated carbocycles. The maximum atomic E-state index is 9.97. The van der Waals surface area contributed by atoms with Gasteiger partial charge in [0.15, 0.2) is 0 Å². The first-order valence-electron chi connectivity index (χ1n) is 5.79. The van der Waals surface area contributed by atoms with Crippen LogP contribution < -0.4 is 10.6 Å². The van der Waals surface area contributed by atoms with Gasteiger partial charge in [-0.3, -0.25) is 0 Å². The zero-order valence-electron chi connectivity index (χ0n) is 10.0. The molecule has 1 fully saturated rings. The zero-order valence-corrected chi connectivity index (χ0v) is 10.0. The Hall–Kier alpha value is -1.06. The summed E-state index contributed by atoms with van der Waals surface area (Å²) < 4.78 is 0. The maximum absolute atomic E-state index is 9.97. The normalized spacial score (nSPS) is 25.1. The zero-order chi connectivity index (χ0) is 11.8. The Bertz CT molecular complexity index is 388. The lowest BCUT2D eigenvalue weighted by Crippen LogP contribution is -2.30. The van der Waals surface area contributed by atoms with E-state index >= 15 is 0 Å². The fraction of sp³-hybridized carbons (Fsp3) is 0.538. The van der Waals surface area contributed by atoms with Crippen LogP contribution in [0, 0.1) is 6.92 Å². The minimum absolute atomic E-state index is 0.551. The van der Waals surface area contributed by atoms with Crippen molar-refractivity contribution in [2.24, 2.45) is 5.73 Å². The van der Waals surface area contributed by atoms with E-state index in [9.17, 15) is 5.11 Å². The first-order chi connectivity index (χ1) is 7.52. The fourth-order valence-electron chi connectivity index (χ4n) is 2.34. The van der Waals surface area contributed by atoms with Gasteiger partial charge in [-0.15, -0.1) is 0 Å². The van der Waals surface area contributed by atoms with Crippen molar-refractivity contribution in [3.05, 3.63) is 29.3 Å². The van der Waals surface area contributed by atoms with Crippen LogP contribution in [0.4, 0.5) is 5.69 Å². The fourth-order valence-corrected chi connectivity index (χ4v) is 2.34. The summed E-state index contributed by atoms with van der Waals surface area (Å²) in [5.74, 6) is 0. The molecule has 1 heterocycles. The number of hydrogen-bond donors (Lipinski definition) is 2. The van der Waals surface area contributed by atoms with Gasteiger partial charge < -0.3 is 15.7 Å². The van der Waals surface area contributed by atoms with Gasteiger partial charge >= 0.3 is 0 Å². The Morgan fingerprint density at radius 1 is 1.50 bits per heavy atom. The van der Waals surface area contributed by atoms with Crippen LogP contribution in [0.2, 0.25) is 0 Å². The first-order valence-corrected chi connectivity index (χ1v) is 5.79. The van der Waals surface area contributed by atoms with Crippen molar-refractivity contribution in [3.8, 4) is 0 Å². The molecule has 1 aromatic rings. The van der Waals surface area contributed by atoms with E-state index in [1.165, 1.54) is 11.3 Å². The molecule has 1 unspecified atom stereocenters. The van der Waals surface area contributed by atoms with Crippen LogP contribution in [-0.4, -0.2) is 23.8 Å². The van der Waals surface area contributed by atoms with E-state index in [1.807, 2.05) is 6.92 Å². The number of nitrogens with zero attached hydrogens (tertiary/aromatic N) is 1. The highest BCUT2D eigenvalue weighted by atomic mass is 16.3. The van der Waals surface area contributed by atoms with E-state index in [2.05, 4.69) is 30.0 Å². The second-order valence-corrected chi connectivity index (χ2v) is 5.00. The van der Waals surface area contributed by atoms with Crippen LogP contribution in [0.3, 0.4) is 0 Å². The summed E-state index contributed by atoms with van der Waals surface area (Å²) in [6.45, 7) is 6.12. The molecule has 0 amide bonds. The van der Waals surface area contributed by atoms with E-state index in [4.69, 9.17) is 5.73 Å². The van der Waals surface area contributed by atoms with Crippen molar-refractivity contribution in [2.75, 3.05) is 18.0 Å². The summed E-state index contributed by atoms with van der Waals surface area (Å²) in [6, 6.07) is 6.34. The Morgan fingerprint density at radius 2 is 2.25 bits per heavy atom. The van der Waals surface area contributed by atoms with E-state index in [0.29, 0.717) is 13.1 Å². The standard InChI is InChI=1S/C13H20N2O/c1-10-3-4-12(11(7-10)8-14)15-6-5-13(2,16)9-15/h3-4,7,16H,5-6,8-9,14H2,1-2H3. The van der Waals surface area contributed by atoms with E-state index in [-0.39, 0.29) is 0 Å². The van der Waals surface area contributed by atoms with Gasteiger partial charge in [0.25, 0.3) is 0 Å². The molecule has 3 N–H and O–H groups in total. The monoisotopic (exact) mass is 220 g/mol. The quantitative estimate of drug-likeness (QED) is 0.792. The van der Waals surface area contributed by atoms with E-state index in [0.717, 1.165) is 18.5 Å². The number of hydrogen-bond acceptors (Lipinski definition) is 3. The number of β-amino-alcohol motifs (C(OH)–C–C–N with tert-alkyl or cyclic N) is 1. The van der Waals surface area contributed by atoms with Crippen molar-refractivity contribution < 1.29 is 5.11 Å². The van der Waals surface area contributed by atoms with Gasteiger partial charge in [0.1, 0.15) is 0 Å². The summed E-state index contributed by atoms with van der Waals surface area (Å²) in [5, 5.41) is 9.97. The van der Waals surface area contributed by atoms with Crippen molar-refractivity contribution in [2.45, 2.75) is 32.4 Å². The molecule has 88 valence electrons. The highest BCUT2D eigenvalue weighted by molar-refractivity contribution is 5.56. The van der Waals surface area contributed by atoms with Gasteiger partial charge in [-0.05, 0) is 31.9 Å². The summed E-state index contributed by atoms with van der Waals surface area (Å²) in [6.07, 6.45) is 0.824. The molecule has 0 aliphatic carbocycles. The molecule has 1 aliphatic heterocycles. The molecule has 0 bridgehead atoms. The number of aliphatic hydroxyl groups is 1. The van der Waals surface area contributed by atoms with Gasteiger partial charge in [0.05, 0.1) is 5.60 Å². The summed E-state index contributed by atoms with van der Waals surface area (Å²) in [5.41, 5.74) is 8.78. The van der Waals surface area contributed by atoms with Gasteiger partial charge in [0, 0.05) is 25.3 Å². The van der Waals surface area contributed by atoms with E-state index in [1.54, 1.807) is 0 Å². The smallest absolute Gasteiger partial charge is 0.0810 e. The molecular formula is C13H20N2O. The lowest BCUT2D eigenvalue weighted by atomic mass is 10.1. The van der Waals surface area contributed by atoms with Gasteiger partial charge in [0.2, 0.25) is 0 Å². The summed E-state index contributed by atoms with van der Waals surface area (Å²) >= 11 is 0. The summed E-state index contributed by atoms with van der Waals surface area (Å²) in [4.78, 5) is 2.22.